The van der Waals surface area contributed by atoms with E-state index in [0.717, 1.165) is 23.1 Å². The normalized spacial score (nSPS) is 14.8. The highest BCUT2D eigenvalue weighted by molar-refractivity contribution is 6.30. The zero-order valence-corrected chi connectivity index (χ0v) is 12.7. The number of nitrogens with one attached hydrogen (secondary N) is 1. The molecular weight excluding hydrogens is 286 g/mol. The molecule has 1 atom stereocenters. The molecule has 1 N–H and O–H groups in total. The van der Waals surface area contributed by atoms with Crippen LogP contribution in [0.4, 0.5) is 0 Å². The number of benzene rings is 2. The van der Waals surface area contributed by atoms with Crippen molar-refractivity contribution in [2.75, 3.05) is 13.2 Å². The first-order chi connectivity index (χ1) is 10.2. The summed E-state index contributed by atoms with van der Waals surface area (Å²) in [5, 5.41) is 4.26. The van der Waals surface area contributed by atoms with Crippen LogP contribution >= 0.6 is 11.6 Å². The Hall–Kier alpha value is -1.71. The van der Waals surface area contributed by atoms with Gasteiger partial charge in [0.25, 0.3) is 0 Å². The Bertz CT molecular complexity index is 613. The molecule has 0 saturated carbocycles. The smallest absolute Gasteiger partial charge is 0.161 e. The van der Waals surface area contributed by atoms with Gasteiger partial charge in [0, 0.05) is 17.6 Å². The summed E-state index contributed by atoms with van der Waals surface area (Å²) in [7, 11) is 0. The number of hydrogen-bond donors (Lipinski definition) is 1. The lowest BCUT2D eigenvalue weighted by atomic mass is 10.1. The molecule has 2 aromatic rings. The molecule has 0 spiro atoms. The molecular formula is C17H18ClNO2. The predicted molar refractivity (Wildman–Crippen MR) is 84.1 cm³/mol. The lowest BCUT2D eigenvalue weighted by Crippen LogP contribution is -2.19. The largest absolute Gasteiger partial charge is 0.486 e. The van der Waals surface area contributed by atoms with Crippen molar-refractivity contribution in [3.8, 4) is 11.5 Å². The summed E-state index contributed by atoms with van der Waals surface area (Å²) < 4.78 is 11.1. The Kier molecular flexibility index (Phi) is 4.32. The summed E-state index contributed by atoms with van der Waals surface area (Å²) in [4.78, 5) is 0. The van der Waals surface area contributed by atoms with E-state index >= 15 is 0 Å². The third kappa shape index (κ3) is 3.49. The van der Waals surface area contributed by atoms with E-state index in [4.69, 9.17) is 21.1 Å². The molecule has 0 saturated heterocycles. The molecule has 0 amide bonds. The van der Waals surface area contributed by atoms with E-state index in [2.05, 4.69) is 18.3 Å². The van der Waals surface area contributed by atoms with Crippen molar-refractivity contribution >= 4 is 11.6 Å². The number of halogens is 1. The molecule has 3 nitrogen and oxygen atoms in total. The van der Waals surface area contributed by atoms with Crippen LogP contribution in [0.5, 0.6) is 11.5 Å². The van der Waals surface area contributed by atoms with Crippen LogP contribution in [-0.4, -0.2) is 13.2 Å². The first-order valence-corrected chi connectivity index (χ1v) is 7.47. The quantitative estimate of drug-likeness (QED) is 0.927. The summed E-state index contributed by atoms with van der Waals surface area (Å²) in [6, 6.07) is 14.3. The van der Waals surface area contributed by atoms with Crippen molar-refractivity contribution in [1.29, 1.82) is 0 Å². The third-order valence-corrected chi connectivity index (χ3v) is 3.84. The molecule has 1 aliphatic heterocycles. The maximum atomic E-state index is 5.91. The highest BCUT2D eigenvalue weighted by Crippen LogP contribution is 2.30. The minimum atomic E-state index is 0.260. The first kappa shape index (κ1) is 14.2. The fourth-order valence-corrected chi connectivity index (χ4v) is 2.46. The fraction of sp³-hybridized carbons (Fsp3) is 0.294. The summed E-state index contributed by atoms with van der Waals surface area (Å²) >= 11 is 5.91. The van der Waals surface area contributed by atoms with Gasteiger partial charge in [-0.1, -0.05) is 29.8 Å². The number of hydrogen-bond acceptors (Lipinski definition) is 3. The van der Waals surface area contributed by atoms with Gasteiger partial charge < -0.3 is 14.8 Å². The van der Waals surface area contributed by atoms with Crippen molar-refractivity contribution in [2.45, 2.75) is 19.5 Å². The minimum Gasteiger partial charge on any atom is -0.486 e. The van der Waals surface area contributed by atoms with Gasteiger partial charge in [-0.3, -0.25) is 0 Å². The van der Waals surface area contributed by atoms with Gasteiger partial charge in [-0.25, -0.2) is 0 Å². The van der Waals surface area contributed by atoms with E-state index < -0.39 is 0 Å². The van der Waals surface area contributed by atoms with Crippen LogP contribution < -0.4 is 14.8 Å². The van der Waals surface area contributed by atoms with E-state index in [1.807, 2.05) is 36.4 Å². The molecule has 1 heterocycles. The zero-order chi connectivity index (χ0) is 14.7. The van der Waals surface area contributed by atoms with Gasteiger partial charge in [-0.2, -0.15) is 0 Å². The van der Waals surface area contributed by atoms with Gasteiger partial charge >= 0.3 is 0 Å². The van der Waals surface area contributed by atoms with Crippen molar-refractivity contribution < 1.29 is 9.47 Å². The second-order valence-electron chi connectivity index (χ2n) is 5.13. The summed E-state index contributed by atoms with van der Waals surface area (Å²) in [6.45, 7) is 4.16. The van der Waals surface area contributed by atoms with Gasteiger partial charge in [0.1, 0.15) is 13.2 Å². The van der Waals surface area contributed by atoms with E-state index in [0.29, 0.717) is 13.2 Å². The zero-order valence-electron chi connectivity index (χ0n) is 11.9. The highest BCUT2D eigenvalue weighted by Gasteiger charge is 2.12. The monoisotopic (exact) mass is 303 g/mol. The molecule has 0 radical (unpaired) electrons. The Labute approximate surface area is 129 Å². The molecule has 1 aliphatic rings. The maximum absolute atomic E-state index is 5.91. The Morgan fingerprint density at radius 2 is 1.76 bits per heavy atom. The van der Waals surface area contributed by atoms with E-state index in [1.54, 1.807) is 0 Å². The summed E-state index contributed by atoms with van der Waals surface area (Å²) in [5.41, 5.74) is 2.40. The molecule has 0 aliphatic carbocycles. The van der Waals surface area contributed by atoms with Crippen LogP contribution in [-0.2, 0) is 6.54 Å². The van der Waals surface area contributed by atoms with Crippen molar-refractivity contribution in [2.24, 2.45) is 0 Å². The topological polar surface area (TPSA) is 30.5 Å². The molecule has 2 aromatic carbocycles. The first-order valence-electron chi connectivity index (χ1n) is 7.10. The van der Waals surface area contributed by atoms with Crippen molar-refractivity contribution in [1.82, 2.24) is 5.32 Å². The van der Waals surface area contributed by atoms with E-state index in [9.17, 15) is 0 Å². The van der Waals surface area contributed by atoms with Gasteiger partial charge in [0.15, 0.2) is 11.5 Å². The lowest BCUT2D eigenvalue weighted by molar-refractivity contribution is 0.171. The van der Waals surface area contributed by atoms with Crippen molar-refractivity contribution in [3.05, 3.63) is 58.6 Å². The molecule has 21 heavy (non-hydrogen) atoms. The van der Waals surface area contributed by atoms with E-state index in [1.165, 1.54) is 11.1 Å². The Morgan fingerprint density at radius 3 is 2.52 bits per heavy atom. The van der Waals surface area contributed by atoms with E-state index in [-0.39, 0.29) is 6.04 Å². The Balaban J connectivity index is 1.63. The van der Waals surface area contributed by atoms with Crippen molar-refractivity contribution in [3.63, 3.8) is 0 Å². The predicted octanol–water partition coefficient (Wildman–Crippen LogP) is 3.96. The van der Waals surface area contributed by atoms with Crippen LogP contribution in [0.2, 0.25) is 5.02 Å². The van der Waals surface area contributed by atoms with Crippen LogP contribution in [0.1, 0.15) is 24.1 Å². The molecule has 0 bridgehead atoms. The number of ether oxygens (including phenoxy) is 2. The molecule has 0 aromatic heterocycles. The standard InChI is InChI=1S/C17H18ClNO2/c1-12(14-3-5-15(18)6-4-14)19-11-13-2-7-16-17(10-13)21-9-8-20-16/h2-7,10,12,19H,8-9,11H2,1H3. The van der Waals surface area contributed by atoms with Gasteiger partial charge in [-0.05, 0) is 42.3 Å². The fourth-order valence-electron chi connectivity index (χ4n) is 2.34. The average Bonchev–Trinajstić information content (AvgIpc) is 2.53. The second kappa shape index (κ2) is 6.37. The van der Waals surface area contributed by atoms with Crippen LogP contribution in [0.3, 0.4) is 0 Å². The second-order valence-corrected chi connectivity index (χ2v) is 5.57. The molecule has 0 fully saturated rings. The summed E-state index contributed by atoms with van der Waals surface area (Å²) in [6.07, 6.45) is 0. The highest BCUT2D eigenvalue weighted by atomic mass is 35.5. The molecule has 3 rings (SSSR count). The van der Waals surface area contributed by atoms with Gasteiger partial charge in [-0.15, -0.1) is 0 Å². The maximum Gasteiger partial charge on any atom is 0.161 e. The SMILES string of the molecule is CC(NCc1ccc2c(c1)OCCO2)c1ccc(Cl)cc1. The van der Waals surface area contributed by atoms with Crippen LogP contribution in [0, 0.1) is 0 Å². The minimum absolute atomic E-state index is 0.260. The number of fused-ring (bicyclic) bond motifs is 1. The Morgan fingerprint density at radius 1 is 1.05 bits per heavy atom. The molecule has 110 valence electrons. The lowest BCUT2D eigenvalue weighted by Gasteiger charge is -2.20. The molecule has 4 heteroatoms. The van der Waals surface area contributed by atoms with Crippen LogP contribution in [0.15, 0.2) is 42.5 Å². The number of rotatable bonds is 4. The van der Waals surface area contributed by atoms with Gasteiger partial charge in [0.2, 0.25) is 0 Å². The van der Waals surface area contributed by atoms with Gasteiger partial charge in [0.05, 0.1) is 0 Å². The average molecular weight is 304 g/mol. The molecule has 1 unspecified atom stereocenters. The third-order valence-electron chi connectivity index (χ3n) is 3.59. The van der Waals surface area contributed by atoms with Crippen LogP contribution in [0.25, 0.3) is 0 Å². The summed E-state index contributed by atoms with van der Waals surface area (Å²) in [5.74, 6) is 1.66.